The van der Waals surface area contributed by atoms with E-state index >= 15 is 0 Å². The summed E-state index contributed by atoms with van der Waals surface area (Å²) in [5.41, 5.74) is 0.451. The van der Waals surface area contributed by atoms with E-state index < -0.39 is 11.7 Å². The zero-order valence-corrected chi connectivity index (χ0v) is 20.2. The van der Waals surface area contributed by atoms with Crippen molar-refractivity contribution in [2.24, 2.45) is 0 Å². The fourth-order valence-corrected chi connectivity index (χ4v) is 4.47. The van der Waals surface area contributed by atoms with Gasteiger partial charge in [-0.2, -0.15) is 0 Å². The number of aromatic nitrogens is 2. The minimum atomic E-state index is -0.673. The van der Waals surface area contributed by atoms with Gasteiger partial charge in [-0.3, -0.25) is 14.4 Å². The van der Waals surface area contributed by atoms with Crippen LogP contribution in [0.25, 0.3) is 10.8 Å². The SMILES string of the molecule is C[C@@H](C(=O)N1CCN(C(=O)c2cc(Oc3n[nH]c(=O)c4ccccc34)ccc2F)CC1)c1ccccc1. The number of piperazine rings is 1. The van der Waals surface area contributed by atoms with Crippen LogP contribution in [0.2, 0.25) is 0 Å². The minimum absolute atomic E-state index is 0.000469. The molecule has 3 aromatic carbocycles. The van der Waals surface area contributed by atoms with Crippen molar-refractivity contribution in [2.75, 3.05) is 26.2 Å². The van der Waals surface area contributed by atoms with E-state index in [2.05, 4.69) is 10.2 Å². The molecule has 0 spiro atoms. The first-order valence-electron chi connectivity index (χ1n) is 12.0. The number of carbonyl (C=O) groups excluding carboxylic acids is 2. The van der Waals surface area contributed by atoms with Crippen LogP contribution in [0.15, 0.2) is 77.6 Å². The predicted molar refractivity (Wildman–Crippen MR) is 136 cm³/mol. The molecule has 1 aliphatic rings. The van der Waals surface area contributed by atoms with Crippen molar-refractivity contribution in [3.05, 3.63) is 100 Å². The summed E-state index contributed by atoms with van der Waals surface area (Å²) in [5, 5.41) is 7.24. The van der Waals surface area contributed by atoms with Crippen molar-refractivity contribution in [3.8, 4) is 11.6 Å². The third kappa shape index (κ3) is 4.93. The Labute approximate surface area is 212 Å². The Morgan fingerprint density at radius 3 is 2.30 bits per heavy atom. The van der Waals surface area contributed by atoms with Gasteiger partial charge in [0.05, 0.1) is 22.3 Å². The number of hydrogen-bond acceptors (Lipinski definition) is 5. The van der Waals surface area contributed by atoms with Gasteiger partial charge in [-0.15, -0.1) is 5.10 Å². The molecule has 1 N–H and O–H groups in total. The van der Waals surface area contributed by atoms with Crippen LogP contribution in [-0.2, 0) is 4.79 Å². The third-order valence-electron chi connectivity index (χ3n) is 6.59. The molecule has 1 aromatic heterocycles. The van der Waals surface area contributed by atoms with Crippen LogP contribution in [0.3, 0.4) is 0 Å². The van der Waals surface area contributed by atoms with E-state index in [0.717, 1.165) is 11.6 Å². The zero-order chi connectivity index (χ0) is 25.9. The molecule has 1 saturated heterocycles. The molecule has 0 saturated carbocycles. The second-order valence-corrected chi connectivity index (χ2v) is 8.90. The third-order valence-corrected chi connectivity index (χ3v) is 6.59. The smallest absolute Gasteiger partial charge is 0.272 e. The number of nitrogens with zero attached hydrogens (tertiary/aromatic N) is 3. The fraction of sp³-hybridized carbons (Fsp3) is 0.214. The summed E-state index contributed by atoms with van der Waals surface area (Å²) >= 11 is 0. The van der Waals surface area contributed by atoms with Gasteiger partial charge in [-0.25, -0.2) is 9.49 Å². The summed E-state index contributed by atoms with van der Waals surface area (Å²) in [5.74, 6) is -1.09. The summed E-state index contributed by atoms with van der Waals surface area (Å²) in [6.45, 7) is 3.20. The van der Waals surface area contributed by atoms with Gasteiger partial charge in [0, 0.05) is 26.2 Å². The Kier molecular flexibility index (Phi) is 6.68. The second-order valence-electron chi connectivity index (χ2n) is 8.90. The molecular formula is C28H25FN4O4. The maximum absolute atomic E-state index is 14.7. The molecule has 5 rings (SSSR count). The van der Waals surface area contributed by atoms with Crippen molar-refractivity contribution >= 4 is 22.6 Å². The van der Waals surface area contributed by atoms with Gasteiger partial charge in [0.25, 0.3) is 11.5 Å². The van der Waals surface area contributed by atoms with Crippen LogP contribution in [0.5, 0.6) is 11.6 Å². The monoisotopic (exact) mass is 500 g/mol. The molecular weight excluding hydrogens is 475 g/mol. The molecule has 2 heterocycles. The lowest BCUT2D eigenvalue weighted by molar-refractivity contribution is -0.133. The van der Waals surface area contributed by atoms with Crippen LogP contribution in [-0.4, -0.2) is 58.0 Å². The highest BCUT2D eigenvalue weighted by atomic mass is 19.1. The Morgan fingerprint density at radius 1 is 0.919 bits per heavy atom. The molecule has 9 heteroatoms. The number of nitrogens with one attached hydrogen (secondary N) is 1. The number of amides is 2. The number of halogens is 1. The number of benzene rings is 3. The van der Waals surface area contributed by atoms with E-state index in [9.17, 15) is 18.8 Å². The molecule has 1 fully saturated rings. The average molecular weight is 501 g/mol. The van der Waals surface area contributed by atoms with E-state index in [1.807, 2.05) is 37.3 Å². The fourth-order valence-electron chi connectivity index (χ4n) is 4.47. The highest BCUT2D eigenvalue weighted by Gasteiger charge is 2.29. The molecule has 2 amide bonds. The number of carbonyl (C=O) groups is 2. The Morgan fingerprint density at radius 2 is 1.57 bits per heavy atom. The minimum Gasteiger partial charge on any atom is -0.437 e. The number of fused-ring (bicyclic) bond motifs is 1. The molecule has 0 aliphatic carbocycles. The van der Waals surface area contributed by atoms with E-state index in [4.69, 9.17) is 4.74 Å². The van der Waals surface area contributed by atoms with Crippen molar-refractivity contribution < 1.29 is 18.7 Å². The van der Waals surface area contributed by atoms with Crippen LogP contribution in [0, 0.1) is 5.82 Å². The molecule has 1 aliphatic heterocycles. The van der Waals surface area contributed by atoms with Crippen LogP contribution >= 0.6 is 0 Å². The Bertz CT molecular complexity index is 1510. The lowest BCUT2D eigenvalue weighted by Crippen LogP contribution is -2.51. The molecule has 1 atom stereocenters. The van der Waals surface area contributed by atoms with Gasteiger partial charge < -0.3 is 14.5 Å². The largest absolute Gasteiger partial charge is 0.437 e. The number of ether oxygens (including phenoxy) is 1. The highest BCUT2D eigenvalue weighted by Crippen LogP contribution is 2.28. The number of aromatic amines is 1. The first-order chi connectivity index (χ1) is 17.9. The molecule has 4 aromatic rings. The van der Waals surface area contributed by atoms with E-state index in [0.29, 0.717) is 37.0 Å². The van der Waals surface area contributed by atoms with Gasteiger partial charge in [-0.1, -0.05) is 42.5 Å². The Balaban J connectivity index is 1.28. The van der Waals surface area contributed by atoms with Crippen LogP contribution < -0.4 is 10.3 Å². The van der Waals surface area contributed by atoms with Crippen molar-refractivity contribution in [3.63, 3.8) is 0 Å². The quantitative estimate of drug-likeness (QED) is 0.448. The maximum Gasteiger partial charge on any atom is 0.272 e. The molecule has 0 unspecified atom stereocenters. The number of hydrogen-bond donors (Lipinski definition) is 1. The van der Waals surface area contributed by atoms with Crippen molar-refractivity contribution in [1.29, 1.82) is 0 Å². The lowest BCUT2D eigenvalue weighted by atomic mass is 9.99. The molecule has 0 radical (unpaired) electrons. The highest BCUT2D eigenvalue weighted by molar-refractivity contribution is 5.95. The van der Waals surface area contributed by atoms with Gasteiger partial charge >= 0.3 is 0 Å². The van der Waals surface area contributed by atoms with E-state index in [1.165, 1.54) is 17.0 Å². The summed E-state index contributed by atoms with van der Waals surface area (Å²) in [4.78, 5) is 41.4. The number of H-pyrrole nitrogens is 1. The number of rotatable bonds is 5. The maximum atomic E-state index is 14.7. The first-order valence-corrected chi connectivity index (χ1v) is 12.0. The second kappa shape index (κ2) is 10.2. The normalized spacial score (nSPS) is 14.4. The van der Waals surface area contributed by atoms with Gasteiger partial charge in [0.15, 0.2) is 0 Å². The molecule has 8 nitrogen and oxygen atoms in total. The zero-order valence-electron chi connectivity index (χ0n) is 20.2. The van der Waals surface area contributed by atoms with Crippen molar-refractivity contribution in [1.82, 2.24) is 20.0 Å². The topological polar surface area (TPSA) is 95.6 Å². The average Bonchev–Trinajstić information content (AvgIpc) is 2.95. The van der Waals surface area contributed by atoms with Gasteiger partial charge in [0.1, 0.15) is 11.6 Å². The summed E-state index contributed by atoms with van der Waals surface area (Å²) in [7, 11) is 0. The summed E-state index contributed by atoms with van der Waals surface area (Å²) < 4.78 is 20.5. The van der Waals surface area contributed by atoms with E-state index in [1.54, 1.807) is 29.2 Å². The van der Waals surface area contributed by atoms with Gasteiger partial charge in [0.2, 0.25) is 11.8 Å². The molecule has 37 heavy (non-hydrogen) atoms. The van der Waals surface area contributed by atoms with Crippen molar-refractivity contribution in [2.45, 2.75) is 12.8 Å². The summed E-state index contributed by atoms with van der Waals surface area (Å²) in [6.07, 6.45) is 0. The first kappa shape index (κ1) is 24.2. The Hall–Kier alpha value is -4.53. The summed E-state index contributed by atoms with van der Waals surface area (Å²) in [6, 6.07) is 20.3. The van der Waals surface area contributed by atoms with Crippen LogP contribution in [0.1, 0.15) is 28.8 Å². The standard InChI is InChI=1S/C28H25FN4O4/c1-18(19-7-3-2-4-8-19)27(35)32-13-15-33(16-14-32)28(36)23-17-20(11-12-24(23)29)37-26-22-10-6-5-9-21(22)25(34)30-31-26/h2-12,17-18H,13-16H2,1H3,(H,30,34)/t18-/m1/s1. The van der Waals surface area contributed by atoms with Crippen LogP contribution in [0.4, 0.5) is 4.39 Å². The molecule has 0 bridgehead atoms. The molecule has 188 valence electrons. The van der Waals surface area contributed by atoms with Gasteiger partial charge in [-0.05, 0) is 42.8 Å². The lowest BCUT2D eigenvalue weighted by Gasteiger charge is -2.36. The predicted octanol–water partition coefficient (Wildman–Crippen LogP) is 3.94. The van der Waals surface area contributed by atoms with E-state index in [-0.39, 0.29) is 34.6 Å².